The predicted molar refractivity (Wildman–Crippen MR) is 541 cm³/mol. The Labute approximate surface area is 799 Å². The Morgan fingerprint density at radius 2 is 0.398 bits per heavy atom. The van der Waals surface area contributed by atoms with Crippen molar-refractivity contribution in [3.05, 3.63) is 324 Å². The highest BCUT2D eigenvalue weighted by atomic mass is 17.2. The molecule has 18 nitrogen and oxygen atoms in total. The number of hydrogen-bond donors (Lipinski definition) is 6. The average molecular weight is 1830 g/mol. The molecule has 0 aliphatic rings. The van der Waals surface area contributed by atoms with Gasteiger partial charge in [0.05, 0.1) is 44.5 Å². The molecule has 732 valence electrons. The van der Waals surface area contributed by atoms with Crippen molar-refractivity contribution in [2.75, 3.05) is 0 Å². The Morgan fingerprint density at radius 1 is 0.241 bits per heavy atom. The van der Waals surface area contributed by atoms with Crippen LogP contribution in [-0.4, -0.2) is 84.2 Å². The Hall–Kier alpha value is -11.4. The molecule has 133 heavy (non-hydrogen) atoms. The highest BCUT2D eigenvalue weighted by molar-refractivity contribution is 5.92. The minimum absolute atomic E-state index is 0.250. The molecule has 0 fully saturated rings. The number of aromatic carboxylic acids is 5. The maximum Gasteiger partial charge on any atom is 0.386 e. The third kappa shape index (κ3) is 74.8. The molecular weight excluding hydrogens is 1670 g/mol. The van der Waals surface area contributed by atoms with Gasteiger partial charge in [0.15, 0.2) is 6.29 Å². The number of benzene rings is 9. The fourth-order valence-electron chi connectivity index (χ4n) is 15.7. The highest BCUT2D eigenvalue weighted by Gasteiger charge is 2.32. The van der Waals surface area contributed by atoms with Crippen LogP contribution in [0.4, 0.5) is 0 Å². The minimum atomic E-state index is -0.879. The van der Waals surface area contributed by atoms with E-state index in [0.29, 0.717) is 56.7 Å². The lowest BCUT2D eigenvalue weighted by Gasteiger charge is -2.36. The van der Waals surface area contributed by atoms with Gasteiger partial charge in [-0.2, -0.15) is 9.59 Å². The Kier molecular flexibility index (Phi) is 72.8. The molecule has 9 unspecified atom stereocenters. The maximum atomic E-state index is 11.5. The molecule has 0 spiro atoms. The van der Waals surface area contributed by atoms with Crippen LogP contribution in [0.2, 0.25) is 0 Å². The van der Waals surface area contributed by atoms with E-state index in [9.17, 15) is 38.7 Å². The van der Waals surface area contributed by atoms with Crippen molar-refractivity contribution in [2.45, 2.75) is 255 Å². The van der Waals surface area contributed by atoms with Crippen LogP contribution in [-0.2, 0) is 24.1 Å². The summed E-state index contributed by atoms with van der Waals surface area (Å²) in [5.74, 6) is 6.65. The molecule has 9 rings (SSSR count). The molecule has 0 aliphatic carbocycles. The average Bonchev–Trinajstić information content (AvgIpc) is 0.840. The van der Waals surface area contributed by atoms with Crippen LogP contribution in [0, 0.1) is 88.8 Å². The number of carboxylic acid groups (broad SMARTS) is 5. The van der Waals surface area contributed by atoms with Crippen LogP contribution in [0.25, 0.3) is 0 Å². The predicted octanol–water partition coefficient (Wildman–Crippen LogP) is 30.4. The number of aliphatic hydroxyl groups is 1. The molecule has 0 aromatic heterocycles. The Morgan fingerprint density at radius 3 is 0.556 bits per heavy atom. The van der Waals surface area contributed by atoms with Crippen LogP contribution < -0.4 is 0 Å². The van der Waals surface area contributed by atoms with E-state index in [1.165, 1.54) is 64.2 Å². The van der Waals surface area contributed by atoms with Gasteiger partial charge in [0.2, 0.25) is 0 Å². The number of carbonyl (C=O) groups excluding carboxylic acids is 4. The van der Waals surface area contributed by atoms with Gasteiger partial charge in [-0.05, 0) is 258 Å². The second-order valence-electron chi connectivity index (χ2n) is 38.1. The van der Waals surface area contributed by atoms with Crippen LogP contribution in [0.15, 0.2) is 279 Å². The zero-order valence-electron chi connectivity index (χ0n) is 84.4. The van der Waals surface area contributed by atoms with Gasteiger partial charge < -0.3 is 35.4 Å². The molecule has 0 saturated heterocycles. The van der Waals surface area contributed by atoms with Gasteiger partial charge in [0.1, 0.15) is 0 Å². The lowest BCUT2D eigenvalue weighted by Crippen LogP contribution is -2.34. The number of carboxylic acids is 5. The van der Waals surface area contributed by atoms with E-state index in [2.05, 4.69) is 176 Å². The van der Waals surface area contributed by atoms with E-state index in [0.717, 1.165) is 89.4 Å². The Balaban J connectivity index is -0.00000142. The van der Waals surface area contributed by atoms with Crippen molar-refractivity contribution in [1.82, 2.24) is 0 Å². The lowest BCUT2D eigenvalue weighted by molar-refractivity contribution is -0.195. The van der Waals surface area contributed by atoms with E-state index < -0.39 is 48.1 Å². The smallest absolute Gasteiger partial charge is 0.386 e. The van der Waals surface area contributed by atoms with Gasteiger partial charge >= 0.3 is 47.9 Å². The van der Waals surface area contributed by atoms with Crippen LogP contribution >= 0.6 is 0 Å². The summed E-state index contributed by atoms with van der Waals surface area (Å²) in [6, 6.07) is 79.7. The summed E-state index contributed by atoms with van der Waals surface area (Å²) in [6.07, 6.45) is 15.1. The van der Waals surface area contributed by atoms with Gasteiger partial charge in [-0.3, -0.25) is 0 Å². The summed E-state index contributed by atoms with van der Waals surface area (Å²) in [7, 11) is 0. The zero-order chi connectivity index (χ0) is 101. The van der Waals surface area contributed by atoms with E-state index in [1.54, 1.807) is 212 Å². The first-order chi connectivity index (χ1) is 62.7. The fourth-order valence-corrected chi connectivity index (χ4v) is 15.7. The van der Waals surface area contributed by atoms with Crippen molar-refractivity contribution in [3.63, 3.8) is 0 Å². The monoisotopic (exact) mass is 1830 g/mol. The maximum absolute atomic E-state index is 11.5. The number of aliphatic hydroxyl groups excluding tert-OH is 1. The highest BCUT2D eigenvalue weighted by Crippen LogP contribution is 2.35. The molecule has 9 aromatic carbocycles. The normalized spacial score (nSPS) is 12.5. The molecule has 0 aliphatic heterocycles. The SMILES string of the molecule is CC(C)CC(C)CC(C)(CC(C)C)OC(O)c1ccccc1.CC(C)CC(C)CC(C)CC(C)C.CC(C)CC(C)CC(C)CC(C)C.CC(C)CC(C)CC(C)CC(C)C.O=C(O)c1ccccc1.O=C(O)c1ccccc1.O=C(O)c1ccccc1.O=C(O)c1ccccc1.O=C(O)c1ccccc1.O=C(OOC(=O)c1ccccc1)c1ccccc1.O=C=O.c1ccccc1. The molecule has 0 bridgehead atoms. The third-order valence-corrected chi connectivity index (χ3v) is 19.6. The number of rotatable bonds is 34. The molecule has 0 heterocycles. The second-order valence-corrected chi connectivity index (χ2v) is 38.1. The van der Waals surface area contributed by atoms with Crippen molar-refractivity contribution in [1.29, 1.82) is 0 Å². The van der Waals surface area contributed by atoms with Gasteiger partial charge in [0.25, 0.3) is 0 Å². The summed E-state index contributed by atoms with van der Waals surface area (Å²) in [5, 5.41) is 52.4. The van der Waals surface area contributed by atoms with Crippen LogP contribution in [0.1, 0.15) is 328 Å². The third-order valence-electron chi connectivity index (χ3n) is 19.6. The molecule has 6 N–H and O–H groups in total. The van der Waals surface area contributed by atoms with Gasteiger partial charge in [-0.25, -0.2) is 43.3 Å². The largest absolute Gasteiger partial charge is 0.478 e. The fraction of sp³-hybridized carbons (Fsp3) is 0.461. The first kappa shape index (κ1) is 126. The van der Waals surface area contributed by atoms with E-state index in [4.69, 9.17) is 39.9 Å². The van der Waals surface area contributed by atoms with Crippen molar-refractivity contribution < 1.29 is 88.3 Å². The van der Waals surface area contributed by atoms with Crippen LogP contribution in [0.3, 0.4) is 0 Å². The summed E-state index contributed by atoms with van der Waals surface area (Å²) >= 11 is 0. The minimum Gasteiger partial charge on any atom is -0.478 e. The van der Waals surface area contributed by atoms with Gasteiger partial charge in [-0.15, -0.1) is 0 Å². The lowest BCUT2D eigenvalue weighted by atomic mass is 9.83. The van der Waals surface area contributed by atoms with Crippen molar-refractivity contribution in [2.24, 2.45) is 88.8 Å². The van der Waals surface area contributed by atoms with E-state index in [-0.39, 0.29) is 11.8 Å². The molecule has 0 radical (unpaired) electrons. The topological polar surface area (TPSA) is 303 Å². The summed E-state index contributed by atoms with van der Waals surface area (Å²) in [4.78, 5) is 99.1. The van der Waals surface area contributed by atoms with E-state index in [1.807, 2.05) is 66.7 Å². The first-order valence-corrected chi connectivity index (χ1v) is 47.0. The summed E-state index contributed by atoms with van der Waals surface area (Å²) in [6.45, 7) is 55.7. The summed E-state index contributed by atoms with van der Waals surface area (Å²) in [5.41, 5.74) is 2.82. The van der Waals surface area contributed by atoms with Gasteiger partial charge in [-0.1, -0.05) is 353 Å². The van der Waals surface area contributed by atoms with Crippen molar-refractivity contribution in [3.8, 4) is 0 Å². The molecular formula is C115H164O18. The molecule has 9 atom stereocenters. The number of ether oxygens (including phenoxy) is 1. The molecule has 0 saturated carbocycles. The quantitative estimate of drug-likeness (QED) is 0.0124. The second kappa shape index (κ2) is 77.1. The van der Waals surface area contributed by atoms with E-state index >= 15 is 0 Å². The number of hydrogen-bond acceptors (Lipinski definition) is 13. The van der Waals surface area contributed by atoms with Crippen LogP contribution in [0.5, 0.6) is 0 Å². The molecule has 0 amide bonds. The Bertz CT molecular complexity index is 3890. The summed E-state index contributed by atoms with van der Waals surface area (Å²) < 4.78 is 6.14. The first-order valence-electron chi connectivity index (χ1n) is 47.0. The zero-order valence-corrected chi connectivity index (χ0v) is 84.4. The molecule has 9 aromatic rings. The van der Waals surface area contributed by atoms with Gasteiger partial charge in [0, 0.05) is 5.56 Å². The molecule has 18 heteroatoms. The standard InChI is InChI=1S/C20H34O2.C14H10O4.3C13H28.5C7H6O2.C6H6.CO2/c1-15(2)12-17(5)14-20(6,13-16(3)4)22-19(21)18-10-8-7-9-11-18;15-13(11-7-3-1-4-8-11)17-18-14(16)12-9-5-2-6-10-12;3*1-10(2)7-12(5)9-13(6)8-11(3)4;5*8-7(9)6-4-2-1-3-5-6;1-2-4-6-5-3-1;2-1-3/h7-11,15-17,19,21H,12-14H2,1-6H3;1-10H;3*10-13H,7-9H2,1-6H3;5*1-5H,(H,8,9);1-6H;. The van der Waals surface area contributed by atoms with Crippen molar-refractivity contribution >= 4 is 47.9 Å². The number of carbonyl (C=O) groups is 7.